The van der Waals surface area contributed by atoms with E-state index in [4.69, 9.17) is 4.74 Å². The van der Waals surface area contributed by atoms with Crippen LogP contribution in [0.15, 0.2) is 0 Å². The van der Waals surface area contributed by atoms with Gasteiger partial charge in [0, 0.05) is 5.41 Å². The second-order valence-corrected chi connectivity index (χ2v) is 7.55. The molecule has 0 heterocycles. The summed E-state index contributed by atoms with van der Waals surface area (Å²) in [7, 11) is 0. The quantitative estimate of drug-likeness (QED) is 0.682. The number of hydrogen-bond acceptors (Lipinski definition) is 2. The molecule has 1 atom stereocenters. The summed E-state index contributed by atoms with van der Waals surface area (Å²) in [6, 6.07) is 0. The molecular weight excluding hydrogens is 236 g/mol. The third-order valence-corrected chi connectivity index (χ3v) is 5.79. The standard InChI is InChI=1S/C17H30O2/c1-5-15(2,3)14(18)19-16(4)10-8-6-7-9-11-17(16)12-13-17/h5-13H2,1-4H3. The van der Waals surface area contributed by atoms with Crippen molar-refractivity contribution in [2.75, 3.05) is 0 Å². The number of ether oxygens (including phenoxy) is 1. The number of carbonyl (C=O) groups is 1. The fourth-order valence-corrected chi connectivity index (χ4v) is 3.38. The maximum absolute atomic E-state index is 12.5. The molecule has 2 aliphatic carbocycles. The lowest BCUT2D eigenvalue weighted by Gasteiger charge is -2.41. The van der Waals surface area contributed by atoms with Gasteiger partial charge in [-0.1, -0.05) is 26.2 Å². The summed E-state index contributed by atoms with van der Waals surface area (Å²) in [5.74, 6) is 0.00403. The van der Waals surface area contributed by atoms with Crippen molar-refractivity contribution in [1.29, 1.82) is 0 Å². The Morgan fingerprint density at radius 2 is 1.63 bits per heavy atom. The van der Waals surface area contributed by atoms with Crippen molar-refractivity contribution in [3.8, 4) is 0 Å². The van der Waals surface area contributed by atoms with Crippen molar-refractivity contribution >= 4 is 5.97 Å². The van der Waals surface area contributed by atoms with Crippen LogP contribution in [0.1, 0.15) is 85.5 Å². The van der Waals surface area contributed by atoms with Gasteiger partial charge in [-0.15, -0.1) is 0 Å². The summed E-state index contributed by atoms with van der Waals surface area (Å²) in [5, 5.41) is 0. The largest absolute Gasteiger partial charge is 0.458 e. The minimum Gasteiger partial charge on any atom is -0.458 e. The van der Waals surface area contributed by atoms with E-state index in [0.717, 1.165) is 12.8 Å². The predicted molar refractivity (Wildman–Crippen MR) is 77.9 cm³/mol. The minimum absolute atomic E-state index is 0.00403. The summed E-state index contributed by atoms with van der Waals surface area (Å²) in [6.45, 7) is 8.27. The van der Waals surface area contributed by atoms with E-state index in [9.17, 15) is 4.79 Å². The maximum Gasteiger partial charge on any atom is 0.312 e. The van der Waals surface area contributed by atoms with E-state index in [2.05, 4.69) is 13.8 Å². The Balaban J connectivity index is 2.12. The molecule has 0 aromatic rings. The summed E-state index contributed by atoms with van der Waals surface area (Å²) in [6.07, 6.45) is 10.8. The third-order valence-electron chi connectivity index (χ3n) is 5.79. The van der Waals surface area contributed by atoms with Crippen LogP contribution in [0.5, 0.6) is 0 Å². The van der Waals surface area contributed by atoms with Gasteiger partial charge < -0.3 is 4.74 Å². The number of esters is 1. The van der Waals surface area contributed by atoms with Gasteiger partial charge in [-0.3, -0.25) is 4.79 Å². The highest BCUT2D eigenvalue weighted by Crippen LogP contribution is 2.61. The van der Waals surface area contributed by atoms with Gasteiger partial charge in [0.15, 0.2) is 0 Å². The first kappa shape index (κ1) is 14.9. The molecular formula is C17H30O2. The summed E-state index contributed by atoms with van der Waals surface area (Å²) in [4.78, 5) is 12.5. The van der Waals surface area contributed by atoms with Crippen LogP contribution in [0.3, 0.4) is 0 Å². The average molecular weight is 266 g/mol. The van der Waals surface area contributed by atoms with Crippen molar-refractivity contribution in [3.63, 3.8) is 0 Å². The van der Waals surface area contributed by atoms with Gasteiger partial charge in [-0.05, 0) is 59.3 Å². The highest BCUT2D eigenvalue weighted by molar-refractivity contribution is 5.76. The molecule has 110 valence electrons. The molecule has 2 rings (SSSR count). The fourth-order valence-electron chi connectivity index (χ4n) is 3.38. The van der Waals surface area contributed by atoms with Gasteiger partial charge in [0.2, 0.25) is 0 Å². The Labute approximate surface area is 118 Å². The molecule has 2 saturated carbocycles. The smallest absolute Gasteiger partial charge is 0.312 e. The first-order valence-electron chi connectivity index (χ1n) is 8.09. The molecule has 2 nitrogen and oxygen atoms in total. The second kappa shape index (κ2) is 5.10. The number of carbonyl (C=O) groups excluding carboxylic acids is 1. The molecule has 0 radical (unpaired) electrons. The topological polar surface area (TPSA) is 26.3 Å². The van der Waals surface area contributed by atoms with Gasteiger partial charge in [0.1, 0.15) is 5.60 Å². The zero-order valence-corrected chi connectivity index (χ0v) is 13.2. The highest BCUT2D eigenvalue weighted by Gasteiger charge is 2.58. The van der Waals surface area contributed by atoms with Crippen molar-refractivity contribution in [1.82, 2.24) is 0 Å². The molecule has 0 bridgehead atoms. The second-order valence-electron chi connectivity index (χ2n) is 7.55. The van der Waals surface area contributed by atoms with Crippen molar-refractivity contribution in [2.45, 2.75) is 91.1 Å². The Hall–Kier alpha value is -0.530. The van der Waals surface area contributed by atoms with Gasteiger partial charge in [-0.2, -0.15) is 0 Å². The number of hydrogen-bond donors (Lipinski definition) is 0. The zero-order chi connectivity index (χ0) is 14.1. The van der Waals surface area contributed by atoms with E-state index < -0.39 is 0 Å². The van der Waals surface area contributed by atoms with E-state index in [1.165, 1.54) is 44.9 Å². The first-order chi connectivity index (χ1) is 8.85. The van der Waals surface area contributed by atoms with E-state index in [0.29, 0.717) is 5.41 Å². The highest BCUT2D eigenvalue weighted by atomic mass is 16.6. The van der Waals surface area contributed by atoms with Crippen LogP contribution in [0.4, 0.5) is 0 Å². The Bertz CT molecular complexity index is 341. The van der Waals surface area contributed by atoms with Gasteiger partial charge in [0.05, 0.1) is 5.41 Å². The van der Waals surface area contributed by atoms with Gasteiger partial charge >= 0.3 is 5.97 Å². The molecule has 2 fully saturated rings. The van der Waals surface area contributed by atoms with Crippen LogP contribution >= 0.6 is 0 Å². The van der Waals surface area contributed by atoms with Crippen molar-refractivity contribution in [3.05, 3.63) is 0 Å². The minimum atomic E-state index is -0.346. The van der Waals surface area contributed by atoms with Crippen LogP contribution in [0.25, 0.3) is 0 Å². The Morgan fingerprint density at radius 1 is 1.05 bits per heavy atom. The molecule has 1 unspecified atom stereocenters. The maximum atomic E-state index is 12.5. The molecule has 19 heavy (non-hydrogen) atoms. The fraction of sp³-hybridized carbons (Fsp3) is 0.941. The lowest BCUT2D eigenvalue weighted by Crippen LogP contribution is -2.45. The van der Waals surface area contributed by atoms with E-state index in [-0.39, 0.29) is 17.0 Å². The summed E-state index contributed by atoms with van der Waals surface area (Å²) < 4.78 is 6.11. The predicted octanol–water partition coefficient (Wildman–Crippen LogP) is 4.86. The Morgan fingerprint density at radius 3 is 2.16 bits per heavy atom. The molecule has 0 aromatic heterocycles. The zero-order valence-electron chi connectivity index (χ0n) is 13.2. The van der Waals surface area contributed by atoms with Crippen LogP contribution < -0.4 is 0 Å². The first-order valence-corrected chi connectivity index (χ1v) is 8.09. The molecule has 0 N–H and O–H groups in total. The van der Waals surface area contributed by atoms with Crippen molar-refractivity contribution in [2.24, 2.45) is 10.8 Å². The lowest BCUT2D eigenvalue weighted by molar-refractivity contribution is -0.179. The van der Waals surface area contributed by atoms with Gasteiger partial charge in [-0.25, -0.2) is 0 Å². The lowest BCUT2D eigenvalue weighted by atomic mass is 9.75. The molecule has 2 heteroatoms. The van der Waals surface area contributed by atoms with E-state index >= 15 is 0 Å². The molecule has 0 saturated heterocycles. The molecule has 0 aromatic carbocycles. The van der Waals surface area contributed by atoms with E-state index in [1.807, 2.05) is 13.8 Å². The monoisotopic (exact) mass is 266 g/mol. The number of rotatable bonds is 3. The summed E-state index contributed by atoms with van der Waals surface area (Å²) >= 11 is 0. The molecule has 0 aliphatic heterocycles. The average Bonchev–Trinajstić information content (AvgIpc) is 3.13. The van der Waals surface area contributed by atoms with Crippen LogP contribution in [-0.2, 0) is 9.53 Å². The van der Waals surface area contributed by atoms with Crippen molar-refractivity contribution < 1.29 is 9.53 Å². The SMILES string of the molecule is CCC(C)(C)C(=O)OC1(C)CCCCCCC12CC2. The third kappa shape index (κ3) is 2.83. The molecule has 2 aliphatic rings. The molecule has 1 spiro atoms. The van der Waals surface area contributed by atoms with Crippen LogP contribution in [0.2, 0.25) is 0 Å². The molecule has 0 amide bonds. The van der Waals surface area contributed by atoms with Crippen LogP contribution in [0, 0.1) is 10.8 Å². The normalized spacial score (nSPS) is 30.5. The van der Waals surface area contributed by atoms with E-state index in [1.54, 1.807) is 0 Å². The van der Waals surface area contributed by atoms with Gasteiger partial charge in [0.25, 0.3) is 0 Å². The Kier molecular flexibility index (Phi) is 3.99. The van der Waals surface area contributed by atoms with Crippen LogP contribution in [-0.4, -0.2) is 11.6 Å². The summed E-state index contributed by atoms with van der Waals surface area (Å²) in [5.41, 5.74) is -0.245.